The van der Waals surface area contributed by atoms with Crippen LogP contribution in [0.25, 0.3) is 0 Å². The zero-order valence-electron chi connectivity index (χ0n) is 6.75. The molecule has 0 aromatic rings. The van der Waals surface area contributed by atoms with E-state index in [0.29, 0.717) is 0 Å². The van der Waals surface area contributed by atoms with Crippen molar-refractivity contribution in [2.45, 2.75) is 0 Å². The SMILES string of the molecule is O.O.O=C(O)OC(=O)OC(=O)OC(=O)O. The highest BCUT2D eigenvalue weighted by Gasteiger charge is 2.18. The van der Waals surface area contributed by atoms with Crippen molar-refractivity contribution in [2.24, 2.45) is 0 Å². The smallest absolute Gasteiger partial charge is 0.449 e. The van der Waals surface area contributed by atoms with E-state index in [1.165, 1.54) is 0 Å². The number of hydrogen-bond donors (Lipinski definition) is 2. The summed E-state index contributed by atoms with van der Waals surface area (Å²) in [6.07, 6.45) is -7.82. The van der Waals surface area contributed by atoms with Gasteiger partial charge in [-0.2, -0.15) is 0 Å². The number of carboxylic acid groups (broad SMARTS) is 2. The van der Waals surface area contributed by atoms with E-state index >= 15 is 0 Å². The Kier molecular flexibility index (Phi) is 10.1. The zero-order chi connectivity index (χ0) is 10.4. The Morgan fingerprint density at radius 1 is 0.667 bits per heavy atom. The second kappa shape index (κ2) is 8.21. The van der Waals surface area contributed by atoms with E-state index in [-0.39, 0.29) is 11.0 Å². The molecule has 6 N–H and O–H groups in total. The van der Waals surface area contributed by atoms with Crippen molar-refractivity contribution in [1.82, 2.24) is 0 Å². The fourth-order valence-electron chi connectivity index (χ4n) is 0.252. The molecule has 0 aromatic heterocycles. The van der Waals surface area contributed by atoms with Crippen molar-refractivity contribution in [3.05, 3.63) is 0 Å². The number of hydrogen-bond acceptors (Lipinski definition) is 7. The molecule has 11 heteroatoms. The maximum absolute atomic E-state index is 10.1. The second-order valence-electron chi connectivity index (χ2n) is 1.34. The van der Waals surface area contributed by atoms with Crippen LogP contribution >= 0.6 is 0 Å². The zero-order valence-corrected chi connectivity index (χ0v) is 6.75. The molecule has 0 unspecified atom stereocenters. The first kappa shape index (κ1) is 18.4. The molecule has 0 aliphatic rings. The summed E-state index contributed by atoms with van der Waals surface area (Å²) in [4.78, 5) is 39.5. The van der Waals surface area contributed by atoms with Crippen LogP contribution < -0.4 is 0 Å². The summed E-state index contributed by atoms with van der Waals surface area (Å²) in [5.41, 5.74) is 0. The Hall–Kier alpha value is -2.40. The lowest BCUT2D eigenvalue weighted by Crippen LogP contribution is -2.19. The maximum Gasteiger partial charge on any atom is 0.528 e. The van der Waals surface area contributed by atoms with Gasteiger partial charge in [0.2, 0.25) is 0 Å². The van der Waals surface area contributed by atoms with Gasteiger partial charge < -0.3 is 35.4 Å². The fraction of sp³-hybridized carbons (Fsp3) is 0. The lowest BCUT2D eigenvalue weighted by molar-refractivity contribution is 0.0415. The summed E-state index contributed by atoms with van der Waals surface area (Å²) < 4.78 is 9.92. The Balaban J connectivity index is -0.000000720. The number of carbonyl (C=O) groups is 4. The average Bonchev–Trinajstić information content (AvgIpc) is 1.80. The monoisotopic (exact) mass is 230 g/mol. The number of carbonyl (C=O) groups excluding carboxylic acids is 2. The highest BCUT2D eigenvalue weighted by Crippen LogP contribution is 1.91. The third kappa shape index (κ3) is 11.6. The Bertz CT molecular complexity index is 227. The van der Waals surface area contributed by atoms with E-state index in [4.69, 9.17) is 10.2 Å². The van der Waals surface area contributed by atoms with Gasteiger partial charge in [0.1, 0.15) is 0 Å². The summed E-state index contributed by atoms with van der Waals surface area (Å²) >= 11 is 0. The van der Waals surface area contributed by atoms with Crippen LogP contribution in [0.5, 0.6) is 0 Å². The van der Waals surface area contributed by atoms with Gasteiger partial charge in [-0.05, 0) is 0 Å². The number of rotatable bonds is 0. The van der Waals surface area contributed by atoms with Crippen LogP contribution in [0.4, 0.5) is 19.2 Å². The molecule has 0 amide bonds. The standard InChI is InChI=1S/C4H2O9.2H2O/c5-1(6)11-3(9)13-4(10)12-2(7)8;;/h(H,5,6)(H,7,8);2*1H2. The molecule has 0 rings (SSSR count). The maximum atomic E-state index is 10.1. The van der Waals surface area contributed by atoms with Crippen LogP contribution in [0.2, 0.25) is 0 Å². The molecular formula is C4H6O11. The number of ether oxygens (including phenoxy) is 3. The molecular weight excluding hydrogens is 224 g/mol. The van der Waals surface area contributed by atoms with Crippen LogP contribution in [0.3, 0.4) is 0 Å². The van der Waals surface area contributed by atoms with Gasteiger partial charge in [-0.25, -0.2) is 19.2 Å². The van der Waals surface area contributed by atoms with Crippen molar-refractivity contribution in [1.29, 1.82) is 0 Å². The summed E-state index contributed by atoms with van der Waals surface area (Å²) in [5, 5.41) is 15.6. The third-order valence-corrected chi connectivity index (χ3v) is 0.508. The normalized spacial score (nSPS) is 7.20. The van der Waals surface area contributed by atoms with Gasteiger partial charge >= 0.3 is 24.6 Å². The molecule has 0 saturated carbocycles. The molecule has 15 heavy (non-hydrogen) atoms. The topological polar surface area (TPSA) is 199 Å². The molecule has 0 atom stereocenters. The molecule has 11 nitrogen and oxygen atoms in total. The van der Waals surface area contributed by atoms with Gasteiger partial charge in [0.15, 0.2) is 0 Å². The fourth-order valence-corrected chi connectivity index (χ4v) is 0.252. The molecule has 0 heterocycles. The quantitative estimate of drug-likeness (QED) is 0.385. The molecule has 0 radical (unpaired) electrons. The third-order valence-electron chi connectivity index (χ3n) is 0.508. The summed E-state index contributed by atoms with van der Waals surface area (Å²) in [7, 11) is 0. The Morgan fingerprint density at radius 3 is 1.13 bits per heavy atom. The van der Waals surface area contributed by atoms with Gasteiger partial charge in [-0.1, -0.05) is 0 Å². The summed E-state index contributed by atoms with van der Waals surface area (Å²) in [6.45, 7) is 0. The molecule has 0 aliphatic heterocycles. The molecule has 88 valence electrons. The van der Waals surface area contributed by atoms with Crippen LogP contribution in [0.1, 0.15) is 0 Å². The lowest BCUT2D eigenvalue weighted by atomic mass is 11.2. The predicted octanol–water partition coefficient (Wildman–Crippen LogP) is -1.02. The van der Waals surface area contributed by atoms with Crippen LogP contribution in [0, 0.1) is 0 Å². The Morgan fingerprint density at radius 2 is 0.933 bits per heavy atom. The minimum Gasteiger partial charge on any atom is -0.449 e. The van der Waals surface area contributed by atoms with Gasteiger partial charge in [0, 0.05) is 0 Å². The van der Waals surface area contributed by atoms with Crippen molar-refractivity contribution in [3.63, 3.8) is 0 Å². The van der Waals surface area contributed by atoms with Crippen molar-refractivity contribution < 1.29 is 54.6 Å². The van der Waals surface area contributed by atoms with E-state index in [1.807, 2.05) is 0 Å². The van der Waals surface area contributed by atoms with Crippen molar-refractivity contribution in [2.75, 3.05) is 0 Å². The molecule has 0 spiro atoms. The van der Waals surface area contributed by atoms with Crippen molar-refractivity contribution >= 4 is 24.6 Å². The summed E-state index contributed by atoms with van der Waals surface area (Å²) in [5.74, 6) is 0. The van der Waals surface area contributed by atoms with Crippen LogP contribution in [-0.2, 0) is 14.2 Å². The second-order valence-corrected chi connectivity index (χ2v) is 1.34. The Labute approximate surface area is 80.4 Å². The highest BCUT2D eigenvalue weighted by atomic mass is 16.9. The van der Waals surface area contributed by atoms with E-state index in [2.05, 4.69) is 14.2 Å². The first-order chi connectivity index (χ1) is 5.91. The predicted molar refractivity (Wildman–Crippen MR) is 37.3 cm³/mol. The molecule has 0 bridgehead atoms. The van der Waals surface area contributed by atoms with E-state index < -0.39 is 24.6 Å². The van der Waals surface area contributed by atoms with E-state index in [9.17, 15) is 19.2 Å². The molecule has 0 aromatic carbocycles. The van der Waals surface area contributed by atoms with Gasteiger partial charge in [-0.15, -0.1) is 0 Å². The van der Waals surface area contributed by atoms with E-state index in [0.717, 1.165) is 0 Å². The van der Waals surface area contributed by atoms with Crippen LogP contribution in [-0.4, -0.2) is 45.8 Å². The van der Waals surface area contributed by atoms with E-state index in [1.54, 1.807) is 0 Å². The molecule has 0 saturated heterocycles. The lowest BCUT2D eigenvalue weighted by Gasteiger charge is -1.97. The highest BCUT2D eigenvalue weighted by molar-refractivity contribution is 5.86. The average molecular weight is 230 g/mol. The van der Waals surface area contributed by atoms with Gasteiger partial charge in [0.05, 0.1) is 0 Å². The van der Waals surface area contributed by atoms with Gasteiger partial charge in [0.25, 0.3) is 0 Å². The molecule has 0 aliphatic carbocycles. The summed E-state index contributed by atoms with van der Waals surface area (Å²) in [6, 6.07) is 0. The first-order valence-electron chi connectivity index (χ1n) is 2.49. The minimum atomic E-state index is -2.01. The van der Waals surface area contributed by atoms with Gasteiger partial charge in [-0.3, -0.25) is 0 Å². The van der Waals surface area contributed by atoms with Crippen molar-refractivity contribution in [3.8, 4) is 0 Å². The first-order valence-corrected chi connectivity index (χ1v) is 2.49. The van der Waals surface area contributed by atoms with Crippen LogP contribution in [0.15, 0.2) is 0 Å². The largest absolute Gasteiger partial charge is 0.528 e. The molecule has 0 fully saturated rings. The minimum absolute atomic E-state index is 0.